The van der Waals surface area contributed by atoms with E-state index in [0.717, 1.165) is 29.9 Å². The number of carbonyl (C=O) groups is 1. The lowest BCUT2D eigenvalue weighted by Gasteiger charge is -2.28. The molecule has 1 aliphatic heterocycles. The topological polar surface area (TPSA) is 62.7 Å². The first-order chi connectivity index (χ1) is 9.66. The van der Waals surface area contributed by atoms with Crippen molar-refractivity contribution in [2.75, 3.05) is 31.2 Å². The molecule has 5 heteroatoms. The normalized spacial score (nSPS) is 15.6. The van der Waals surface area contributed by atoms with Gasteiger partial charge in [-0.3, -0.25) is 0 Å². The van der Waals surface area contributed by atoms with Gasteiger partial charge < -0.3 is 14.7 Å². The molecular formula is C15H16N2O3. The predicted octanol–water partition coefficient (Wildman–Crippen LogP) is 2.08. The molecule has 1 saturated heterocycles. The molecule has 0 radical (unpaired) electrons. The second-order valence-corrected chi connectivity index (χ2v) is 4.90. The number of carboxylic acid groups (broad SMARTS) is 1. The van der Waals surface area contributed by atoms with Gasteiger partial charge in [-0.15, -0.1) is 0 Å². The van der Waals surface area contributed by atoms with Crippen LogP contribution in [0.4, 0.5) is 5.82 Å². The van der Waals surface area contributed by atoms with Crippen LogP contribution in [0.2, 0.25) is 0 Å². The van der Waals surface area contributed by atoms with Gasteiger partial charge in [0.05, 0.1) is 24.3 Å². The van der Waals surface area contributed by atoms with Crippen molar-refractivity contribution in [3.63, 3.8) is 0 Å². The summed E-state index contributed by atoms with van der Waals surface area (Å²) >= 11 is 0. The predicted molar refractivity (Wildman–Crippen MR) is 76.5 cm³/mol. The molecule has 2 aromatic rings. The van der Waals surface area contributed by atoms with Gasteiger partial charge in [-0.2, -0.15) is 0 Å². The fourth-order valence-corrected chi connectivity index (χ4v) is 2.53. The summed E-state index contributed by atoms with van der Waals surface area (Å²) in [6.45, 7) is 4.92. The minimum Gasteiger partial charge on any atom is -0.478 e. The molecule has 0 spiro atoms. The smallest absolute Gasteiger partial charge is 0.337 e. The molecule has 20 heavy (non-hydrogen) atoms. The number of benzene rings is 1. The van der Waals surface area contributed by atoms with Crippen molar-refractivity contribution in [1.29, 1.82) is 0 Å². The second-order valence-electron chi connectivity index (χ2n) is 4.90. The maximum atomic E-state index is 11.3. The molecule has 0 saturated carbocycles. The Hall–Kier alpha value is -2.14. The fraction of sp³-hybridized carbons (Fsp3) is 0.333. The molecule has 104 valence electrons. The summed E-state index contributed by atoms with van der Waals surface area (Å²) < 4.78 is 5.34. The van der Waals surface area contributed by atoms with E-state index in [1.165, 1.54) is 0 Å². The van der Waals surface area contributed by atoms with Crippen molar-refractivity contribution < 1.29 is 14.6 Å². The number of ether oxygens (including phenoxy) is 1. The van der Waals surface area contributed by atoms with Gasteiger partial charge in [-0.25, -0.2) is 9.78 Å². The van der Waals surface area contributed by atoms with Gasteiger partial charge in [0, 0.05) is 18.5 Å². The Morgan fingerprint density at radius 1 is 1.35 bits per heavy atom. The Morgan fingerprint density at radius 2 is 2.10 bits per heavy atom. The van der Waals surface area contributed by atoms with Gasteiger partial charge in [-0.05, 0) is 24.6 Å². The van der Waals surface area contributed by atoms with Gasteiger partial charge >= 0.3 is 5.97 Å². The standard InChI is InChI=1S/C15H16N2O3/c1-10-9-13(17-5-7-20-8-6-17)16-14-11(10)3-2-4-12(14)15(18)19/h2-4,9H,5-8H2,1H3,(H,18,19). The van der Waals surface area contributed by atoms with Crippen LogP contribution in [0.1, 0.15) is 15.9 Å². The Bertz CT molecular complexity index is 663. The quantitative estimate of drug-likeness (QED) is 0.906. The van der Waals surface area contributed by atoms with Crippen LogP contribution in [-0.2, 0) is 4.74 Å². The Kier molecular flexibility index (Phi) is 3.28. The third-order valence-electron chi connectivity index (χ3n) is 3.60. The lowest BCUT2D eigenvalue weighted by Crippen LogP contribution is -2.36. The van der Waals surface area contributed by atoms with Crippen LogP contribution in [0.5, 0.6) is 0 Å². The number of rotatable bonds is 2. The summed E-state index contributed by atoms with van der Waals surface area (Å²) in [6, 6.07) is 7.28. The van der Waals surface area contributed by atoms with Crippen LogP contribution >= 0.6 is 0 Å². The number of fused-ring (bicyclic) bond motifs is 1. The van der Waals surface area contributed by atoms with Crippen molar-refractivity contribution in [2.45, 2.75) is 6.92 Å². The van der Waals surface area contributed by atoms with E-state index in [-0.39, 0.29) is 5.56 Å². The maximum Gasteiger partial charge on any atom is 0.337 e. The first-order valence-corrected chi connectivity index (χ1v) is 6.63. The molecule has 5 nitrogen and oxygen atoms in total. The zero-order chi connectivity index (χ0) is 14.1. The van der Waals surface area contributed by atoms with E-state index in [1.807, 2.05) is 19.1 Å². The lowest BCUT2D eigenvalue weighted by atomic mass is 10.1. The molecule has 1 aliphatic rings. The third kappa shape index (κ3) is 2.20. The number of aromatic carboxylic acids is 1. The highest BCUT2D eigenvalue weighted by molar-refractivity contribution is 6.03. The Balaban J connectivity index is 2.15. The second kappa shape index (κ2) is 5.09. The largest absolute Gasteiger partial charge is 0.478 e. The molecule has 0 aliphatic carbocycles. The van der Waals surface area contributed by atoms with Gasteiger partial charge in [0.15, 0.2) is 0 Å². The van der Waals surface area contributed by atoms with E-state index >= 15 is 0 Å². The van der Waals surface area contributed by atoms with Crippen LogP contribution in [0.3, 0.4) is 0 Å². The molecular weight excluding hydrogens is 256 g/mol. The molecule has 1 fully saturated rings. The molecule has 0 atom stereocenters. The lowest BCUT2D eigenvalue weighted by molar-refractivity contribution is 0.0699. The number of aryl methyl sites for hydroxylation is 1. The summed E-state index contributed by atoms with van der Waals surface area (Å²) in [4.78, 5) is 18.0. The number of hydrogen-bond donors (Lipinski definition) is 1. The summed E-state index contributed by atoms with van der Waals surface area (Å²) in [6.07, 6.45) is 0. The number of para-hydroxylation sites is 1. The SMILES string of the molecule is Cc1cc(N2CCOCC2)nc2c(C(=O)O)cccc12. The third-order valence-corrected chi connectivity index (χ3v) is 3.60. The van der Waals surface area contributed by atoms with Gasteiger partial charge in [0.1, 0.15) is 5.82 Å². The zero-order valence-electron chi connectivity index (χ0n) is 11.3. The van der Waals surface area contributed by atoms with Crippen LogP contribution < -0.4 is 4.90 Å². The minimum absolute atomic E-state index is 0.251. The van der Waals surface area contributed by atoms with E-state index < -0.39 is 5.97 Å². The Labute approximate surface area is 116 Å². The van der Waals surface area contributed by atoms with E-state index in [4.69, 9.17) is 4.74 Å². The average molecular weight is 272 g/mol. The molecule has 0 amide bonds. The van der Waals surface area contributed by atoms with E-state index in [0.29, 0.717) is 18.7 Å². The Morgan fingerprint density at radius 3 is 2.80 bits per heavy atom. The molecule has 0 unspecified atom stereocenters. The monoisotopic (exact) mass is 272 g/mol. The van der Waals surface area contributed by atoms with Crippen molar-refractivity contribution >= 4 is 22.7 Å². The van der Waals surface area contributed by atoms with Crippen LogP contribution in [-0.4, -0.2) is 42.4 Å². The zero-order valence-corrected chi connectivity index (χ0v) is 11.3. The molecule has 3 rings (SSSR count). The number of hydrogen-bond acceptors (Lipinski definition) is 4. The minimum atomic E-state index is -0.943. The van der Waals surface area contributed by atoms with Crippen LogP contribution in [0, 0.1) is 6.92 Å². The number of carboxylic acids is 1. The van der Waals surface area contributed by atoms with Crippen molar-refractivity contribution in [1.82, 2.24) is 4.98 Å². The number of aromatic nitrogens is 1. The summed E-state index contributed by atoms with van der Waals surface area (Å²) in [5.74, 6) is -0.117. The highest BCUT2D eigenvalue weighted by atomic mass is 16.5. The highest BCUT2D eigenvalue weighted by Crippen LogP contribution is 2.25. The maximum absolute atomic E-state index is 11.3. The molecule has 1 N–H and O–H groups in total. The first kappa shape index (κ1) is 12.9. The number of morpholine rings is 1. The van der Waals surface area contributed by atoms with Gasteiger partial charge in [0.2, 0.25) is 0 Å². The van der Waals surface area contributed by atoms with Crippen LogP contribution in [0.15, 0.2) is 24.3 Å². The number of pyridine rings is 1. The molecule has 1 aromatic carbocycles. The van der Waals surface area contributed by atoms with Crippen molar-refractivity contribution in [3.05, 3.63) is 35.4 Å². The fourth-order valence-electron chi connectivity index (χ4n) is 2.53. The first-order valence-electron chi connectivity index (χ1n) is 6.63. The van der Waals surface area contributed by atoms with Gasteiger partial charge in [0.25, 0.3) is 0 Å². The van der Waals surface area contributed by atoms with Crippen molar-refractivity contribution in [3.8, 4) is 0 Å². The van der Waals surface area contributed by atoms with Crippen LogP contribution in [0.25, 0.3) is 10.9 Å². The van der Waals surface area contributed by atoms with E-state index in [1.54, 1.807) is 12.1 Å². The summed E-state index contributed by atoms with van der Waals surface area (Å²) in [7, 11) is 0. The molecule has 2 heterocycles. The molecule has 0 bridgehead atoms. The number of anilines is 1. The molecule has 1 aromatic heterocycles. The van der Waals surface area contributed by atoms with E-state index in [2.05, 4.69) is 9.88 Å². The average Bonchev–Trinajstić information content (AvgIpc) is 2.47. The van der Waals surface area contributed by atoms with Crippen molar-refractivity contribution in [2.24, 2.45) is 0 Å². The number of nitrogens with zero attached hydrogens (tertiary/aromatic N) is 2. The van der Waals surface area contributed by atoms with Gasteiger partial charge in [-0.1, -0.05) is 12.1 Å². The highest BCUT2D eigenvalue weighted by Gasteiger charge is 2.16. The summed E-state index contributed by atoms with van der Waals surface area (Å²) in [5.41, 5.74) is 1.85. The van der Waals surface area contributed by atoms with E-state index in [9.17, 15) is 9.90 Å². The summed E-state index contributed by atoms with van der Waals surface area (Å²) in [5, 5.41) is 10.2.